The van der Waals surface area contributed by atoms with Crippen LogP contribution in [-0.2, 0) is 10.0 Å². The minimum atomic E-state index is -4.51. The van der Waals surface area contributed by atoms with Gasteiger partial charge in [0.05, 0.1) is 0 Å². The van der Waals surface area contributed by atoms with E-state index >= 15 is 0 Å². The van der Waals surface area contributed by atoms with Gasteiger partial charge in [-0.05, 0) is 57.2 Å². The van der Waals surface area contributed by atoms with E-state index in [1.165, 1.54) is 18.2 Å². The average Bonchev–Trinajstić information content (AvgIpc) is 2.66. The molecule has 1 heterocycles. The van der Waals surface area contributed by atoms with Crippen molar-refractivity contribution in [3.8, 4) is 0 Å². The van der Waals surface area contributed by atoms with Crippen molar-refractivity contribution in [1.29, 1.82) is 0 Å². The van der Waals surface area contributed by atoms with E-state index in [0.717, 1.165) is 13.1 Å². The van der Waals surface area contributed by atoms with Crippen LogP contribution in [0, 0.1) is 23.4 Å². The summed E-state index contributed by atoms with van der Waals surface area (Å²) in [6.45, 7) is 1.61. The second-order valence-corrected chi connectivity index (χ2v) is 8.45. The van der Waals surface area contributed by atoms with E-state index in [0.29, 0.717) is 30.5 Å². The standard InChI is InChI=1S/C19H19F3N2O3S/c1-24-9-7-12(8-10-24)19(25)13-3-2-4-14(11-13)23-28(26,27)16-6-5-15(20)17(21)18(16)22/h2-6,11-12,23H,7-10H2,1H3. The van der Waals surface area contributed by atoms with Crippen LogP contribution < -0.4 is 4.72 Å². The summed E-state index contributed by atoms with van der Waals surface area (Å²) in [5, 5.41) is 0. The first-order chi connectivity index (χ1) is 13.2. The third kappa shape index (κ3) is 4.20. The predicted octanol–water partition coefficient (Wildman–Crippen LogP) is 3.43. The van der Waals surface area contributed by atoms with Crippen LogP contribution in [0.1, 0.15) is 23.2 Å². The fraction of sp³-hybridized carbons (Fsp3) is 0.316. The molecule has 0 aliphatic carbocycles. The number of ketones is 1. The van der Waals surface area contributed by atoms with Gasteiger partial charge < -0.3 is 4.90 Å². The van der Waals surface area contributed by atoms with Gasteiger partial charge in [0.2, 0.25) is 0 Å². The van der Waals surface area contributed by atoms with Crippen molar-refractivity contribution in [3.63, 3.8) is 0 Å². The molecule has 150 valence electrons. The van der Waals surface area contributed by atoms with Gasteiger partial charge in [0, 0.05) is 17.2 Å². The fourth-order valence-corrected chi connectivity index (χ4v) is 4.29. The molecule has 1 N–H and O–H groups in total. The summed E-state index contributed by atoms with van der Waals surface area (Å²) in [7, 11) is -2.53. The van der Waals surface area contributed by atoms with Crippen LogP contribution in [0.25, 0.3) is 0 Å². The number of anilines is 1. The van der Waals surface area contributed by atoms with Crippen LogP contribution in [0.15, 0.2) is 41.3 Å². The van der Waals surface area contributed by atoms with Crippen LogP contribution in [0.5, 0.6) is 0 Å². The molecule has 28 heavy (non-hydrogen) atoms. The largest absolute Gasteiger partial charge is 0.306 e. The van der Waals surface area contributed by atoms with E-state index in [9.17, 15) is 26.4 Å². The first-order valence-electron chi connectivity index (χ1n) is 8.68. The molecule has 0 aromatic heterocycles. The van der Waals surface area contributed by atoms with Gasteiger partial charge in [0.15, 0.2) is 23.2 Å². The number of nitrogens with one attached hydrogen (secondary N) is 1. The Morgan fingerprint density at radius 2 is 1.75 bits per heavy atom. The molecule has 1 fully saturated rings. The molecule has 1 aliphatic rings. The van der Waals surface area contributed by atoms with Crippen molar-refractivity contribution >= 4 is 21.5 Å². The summed E-state index contributed by atoms with van der Waals surface area (Å²) in [4.78, 5) is 13.8. The summed E-state index contributed by atoms with van der Waals surface area (Å²) in [6, 6.07) is 7.01. The number of piperidine rings is 1. The minimum Gasteiger partial charge on any atom is -0.306 e. The third-order valence-electron chi connectivity index (χ3n) is 4.78. The van der Waals surface area contributed by atoms with Crippen LogP contribution in [0.2, 0.25) is 0 Å². The first-order valence-corrected chi connectivity index (χ1v) is 10.2. The number of likely N-dealkylation sites (tertiary alicyclic amines) is 1. The van der Waals surface area contributed by atoms with Gasteiger partial charge in [-0.3, -0.25) is 9.52 Å². The van der Waals surface area contributed by atoms with Crippen LogP contribution in [0.3, 0.4) is 0 Å². The SMILES string of the molecule is CN1CCC(C(=O)c2cccc(NS(=O)(=O)c3ccc(F)c(F)c3F)c2)CC1. The maximum atomic E-state index is 13.9. The van der Waals surface area contributed by atoms with E-state index in [2.05, 4.69) is 9.62 Å². The molecule has 0 bridgehead atoms. The Balaban J connectivity index is 1.83. The molecule has 1 aliphatic heterocycles. The number of rotatable bonds is 5. The lowest BCUT2D eigenvalue weighted by atomic mass is 9.89. The number of Topliss-reactive ketones (excluding diaryl/α,β-unsaturated/α-hetero) is 1. The Kier molecular flexibility index (Phi) is 5.76. The van der Waals surface area contributed by atoms with E-state index in [1.54, 1.807) is 6.07 Å². The number of hydrogen-bond donors (Lipinski definition) is 1. The number of halogens is 3. The van der Waals surface area contributed by atoms with Crippen molar-refractivity contribution in [1.82, 2.24) is 4.90 Å². The molecule has 1 saturated heterocycles. The van der Waals surface area contributed by atoms with Gasteiger partial charge in [-0.2, -0.15) is 0 Å². The molecule has 0 radical (unpaired) electrons. The molecular weight excluding hydrogens is 393 g/mol. The third-order valence-corrected chi connectivity index (χ3v) is 6.18. The van der Waals surface area contributed by atoms with Crippen molar-refractivity contribution in [2.45, 2.75) is 17.7 Å². The summed E-state index contributed by atoms with van der Waals surface area (Å²) >= 11 is 0. The lowest BCUT2D eigenvalue weighted by Gasteiger charge is -2.28. The van der Waals surface area contributed by atoms with Crippen molar-refractivity contribution in [2.75, 3.05) is 24.9 Å². The van der Waals surface area contributed by atoms with Crippen LogP contribution in [-0.4, -0.2) is 39.2 Å². The molecular formula is C19H19F3N2O3S. The first kappa shape index (κ1) is 20.3. The lowest BCUT2D eigenvalue weighted by Crippen LogP contribution is -2.33. The van der Waals surface area contributed by atoms with Crippen molar-refractivity contribution < 1.29 is 26.4 Å². The van der Waals surface area contributed by atoms with Gasteiger partial charge in [-0.1, -0.05) is 12.1 Å². The molecule has 3 rings (SSSR count). The Bertz CT molecular complexity index is 1000. The molecule has 2 aromatic rings. The van der Waals surface area contributed by atoms with Gasteiger partial charge in [-0.15, -0.1) is 0 Å². The van der Waals surface area contributed by atoms with E-state index in [-0.39, 0.29) is 17.4 Å². The number of carbonyl (C=O) groups is 1. The highest BCUT2D eigenvalue weighted by Gasteiger charge is 2.26. The molecule has 0 spiro atoms. The zero-order chi connectivity index (χ0) is 20.5. The smallest absolute Gasteiger partial charge is 0.264 e. The molecule has 0 saturated carbocycles. The van der Waals surface area contributed by atoms with Crippen molar-refractivity contribution in [2.24, 2.45) is 5.92 Å². The zero-order valence-corrected chi connectivity index (χ0v) is 15.9. The average molecular weight is 412 g/mol. The maximum absolute atomic E-state index is 13.9. The van der Waals surface area contributed by atoms with E-state index in [1.807, 2.05) is 7.05 Å². The van der Waals surface area contributed by atoms with E-state index in [4.69, 9.17) is 0 Å². The van der Waals surface area contributed by atoms with Crippen LogP contribution in [0.4, 0.5) is 18.9 Å². The molecule has 0 amide bonds. The van der Waals surface area contributed by atoms with Crippen molar-refractivity contribution in [3.05, 3.63) is 59.4 Å². The van der Waals surface area contributed by atoms with E-state index < -0.39 is 32.4 Å². The Morgan fingerprint density at radius 1 is 1.07 bits per heavy atom. The normalized spacial score (nSPS) is 16.1. The monoisotopic (exact) mass is 412 g/mol. The summed E-state index contributed by atoms with van der Waals surface area (Å²) in [5.41, 5.74) is 0.364. The highest BCUT2D eigenvalue weighted by molar-refractivity contribution is 7.92. The fourth-order valence-electron chi connectivity index (χ4n) is 3.17. The van der Waals surface area contributed by atoms with Gasteiger partial charge in [0.1, 0.15) is 4.90 Å². The Hall–Kier alpha value is -2.39. The molecule has 0 unspecified atom stereocenters. The molecule has 9 heteroatoms. The highest BCUT2D eigenvalue weighted by atomic mass is 32.2. The molecule has 2 aromatic carbocycles. The van der Waals surface area contributed by atoms with Gasteiger partial charge in [0.25, 0.3) is 10.0 Å². The second kappa shape index (κ2) is 7.92. The summed E-state index contributed by atoms with van der Waals surface area (Å²) < 4.78 is 67.1. The maximum Gasteiger partial charge on any atom is 0.264 e. The molecule has 5 nitrogen and oxygen atoms in total. The minimum absolute atomic E-state index is 0.0305. The summed E-state index contributed by atoms with van der Waals surface area (Å²) in [6.07, 6.45) is 1.43. The predicted molar refractivity (Wildman–Crippen MR) is 98.1 cm³/mol. The number of benzene rings is 2. The lowest BCUT2D eigenvalue weighted by molar-refractivity contribution is 0.0857. The highest BCUT2D eigenvalue weighted by Crippen LogP contribution is 2.25. The number of nitrogens with zero attached hydrogens (tertiary/aromatic N) is 1. The van der Waals surface area contributed by atoms with Gasteiger partial charge >= 0.3 is 0 Å². The summed E-state index contributed by atoms with van der Waals surface area (Å²) in [5.74, 6) is -5.39. The number of hydrogen-bond acceptors (Lipinski definition) is 4. The van der Waals surface area contributed by atoms with Crippen LogP contribution >= 0.6 is 0 Å². The van der Waals surface area contributed by atoms with Gasteiger partial charge in [-0.25, -0.2) is 21.6 Å². The second-order valence-electron chi connectivity index (χ2n) is 6.80. The Morgan fingerprint density at radius 3 is 2.43 bits per heavy atom. The molecule has 0 atom stereocenters. The quantitative estimate of drug-likeness (QED) is 0.604. The number of carbonyl (C=O) groups excluding carboxylic acids is 1. The number of sulfonamides is 1. The zero-order valence-electron chi connectivity index (χ0n) is 15.1. The topological polar surface area (TPSA) is 66.5 Å². The Labute approximate surface area is 161 Å².